The van der Waals surface area contributed by atoms with E-state index in [0.29, 0.717) is 18.3 Å². The molecule has 4 rings (SSSR count). The molecule has 3 aromatic rings. The van der Waals surface area contributed by atoms with Gasteiger partial charge in [-0.2, -0.15) is 0 Å². The average molecular weight is 473 g/mol. The molecule has 0 saturated carbocycles. The van der Waals surface area contributed by atoms with E-state index in [-0.39, 0.29) is 29.9 Å². The van der Waals surface area contributed by atoms with Crippen LogP contribution in [0.1, 0.15) is 36.0 Å². The van der Waals surface area contributed by atoms with Crippen molar-refractivity contribution in [2.75, 3.05) is 23.8 Å². The van der Waals surface area contributed by atoms with Crippen molar-refractivity contribution in [2.24, 2.45) is 0 Å². The average Bonchev–Trinajstić information content (AvgIpc) is 3.43. The number of fused-ring (bicyclic) bond motifs is 1. The van der Waals surface area contributed by atoms with Crippen molar-refractivity contribution < 1.29 is 17.9 Å². The number of anilines is 1. The molecule has 0 aliphatic carbocycles. The molecule has 2 aromatic carbocycles. The zero-order chi connectivity index (χ0) is 22.7. The number of rotatable bonds is 8. The SMILES string of the molecule is Cc1ccc2sc(N(CC3CCCO3)C(=O)CCS(=O)(=O)Cc3ccccc3)nc2c1C. The number of amides is 1. The van der Waals surface area contributed by atoms with E-state index in [0.717, 1.165) is 39.7 Å². The van der Waals surface area contributed by atoms with E-state index in [1.54, 1.807) is 17.0 Å². The number of nitrogens with zero attached hydrogens (tertiary/aromatic N) is 2. The van der Waals surface area contributed by atoms with E-state index in [1.165, 1.54) is 11.3 Å². The van der Waals surface area contributed by atoms with Crippen molar-refractivity contribution in [3.8, 4) is 0 Å². The predicted molar refractivity (Wildman–Crippen MR) is 129 cm³/mol. The molecule has 32 heavy (non-hydrogen) atoms. The van der Waals surface area contributed by atoms with Gasteiger partial charge in [0.1, 0.15) is 0 Å². The Morgan fingerprint density at radius 2 is 1.97 bits per heavy atom. The van der Waals surface area contributed by atoms with E-state index in [4.69, 9.17) is 9.72 Å². The lowest BCUT2D eigenvalue weighted by atomic mass is 10.1. The van der Waals surface area contributed by atoms with Crippen molar-refractivity contribution in [2.45, 2.75) is 45.0 Å². The summed E-state index contributed by atoms with van der Waals surface area (Å²) in [4.78, 5) is 19.6. The molecule has 1 aliphatic rings. The lowest BCUT2D eigenvalue weighted by Crippen LogP contribution is -2.38. The first kappa shape index (κ1) is 22.9. The fraction of sp³-hybridized carbons (Fsp3) is 0.417. The van der Waals surface area contributed by atoms with Gasteiger partial charge in [-0.25, -0.2) is 13.4 Å². The largest absolute Gasteiger partial charge is 0.376 e. The van der Waals surface area contributed by atoms with Crippen molar-refractivity contribution in [3.63, 3.8) is 0 Å². The van der Waals surface area contributed by atoms with Gasteiger partial charge in [0.05, 0.1) is 34.4 Å². The highest BCUT2D eigenvalue weighted by molar-refractivity contribution is 7.90. The van der Waals surface area contributed by atoms with Gasteiger partial charge >= 0.3 is 0 Å². The van der Waals surface area contributed by atoms with Crippen molar-refractivity contribution in [1.29, 1.82) is 0 Å². The van der Waals surface area contributed by atoms with Crippen LogP contribution < -0.4 is 4.90 Å². The first-order valence-corrected chi connectivity index (χ1v) is 13.5. The van der Waals surface area contributed by atoms with Gasteiger partial charge in [-0.1, -0.05) is 47.7 Å². The Morgan fingerprint density at radius 3 is 2.69 bits per heavy atom. The second kappa shape index (κ2) is 9.68. The van der Waals surface area contributed by atoms with Crippen LogP contribution in [-0.4, -0.2) is 44.3 Å². The topological polar surface area (TPSA) is 76.6 Å². The smallest absolute Gasteiger partial charge is 0.229 e. The molecule has 1 fully saturated rings. The molecule has 2 heterocycles. The number of aryl methyl sites for hydroxylation is 2. The van der Waals surface area contributed by atoms with Crippen LogP contribution in [-0.2, 0) is 25.1 Å². The third kappa shape index (κ3) is 5.36. The van der Waals surface area contributed by atoms with Crippen LogP contribution in [0.5, 0.6) is 0 Å². The molecular formula is C24H28N2O4S2. The molecule has 0 spiro atoms. The highest BCUT2D eigenvalue weighted by Gasteiger charge is 2.27. The number of hydrogen-bond acceptors (Lipinski definition) is 6. The highest BCUT2D eigenvalue weighted by atomic mass is 32.2. The minimum Gasteiger partial charge on any atom is -0.376 e. The zero-order valence-electron chi connectivity index (χ0n) is 18.4. The van der Waals surface area contributed by atoms with Gasteiger partial charge < -0.3 is 4.74 Å². The molecule has 1 unspecified atom stereocenters. The van der Waals surface area contributed by atoms with Gasteiger partial charge in [0.15, 0.2) is 15.0 Å². The number of sulfone groups is 1. The van der Waals surface area contributed by atoms with Crippen molar-refractivity contribution in [3.05, 3.63) is 59.2 Å². The minimum atomic E-state index is -3.41. The molecule has 1 atom stereocenters. The van der Waals surface area contributed by atoms with E-state index in [2.05, 4.69) is 6.07 Å². The number of carbonyl (C=O) groups excluding carboxylic acids is 1. The van der Waals surface area contributed by atoms with Crippen molar-refractivity contribution in [1.82, 2.24) is 4.98 Å². The molecule has 6 nitrogen and oxygen atoms in total. The van der Waals surface area contributed by atoms with Gasteiger partial charge in [0, 0.05) is 13.0 Å². The maximum absolute atomic E-state index is 13.2. The minimum absolute atomic E-state index is 0.0466. The number of benzene rings is 2. The Morgan fingerprint density at radius 1 is 1.19 bits per heavy atom. The molecule has 0 bridgehead atoms. The number of ether oxygens (including phenoxy) is 1. The van der Waals surface area contributed by atoms with Gasteiger partial charge in [-0.05, 0) is 49.4 Å². The van der Waals surface area contributed by atoms with Crippen LogP contribution in [0, 0.1) is 13.8 Å². The lowest BCUT2D eigenvalue weighted by Gasteiger charge is -2.23. The highest BCUT2D eigenvalue weighted by Crippen LogP contribution is 2.33. The van der Waals surface area contributed by atoms with Gasteiger partial charge in [0.25, 0.3) is 0 Å². The Balaban J connectivity index is 1.53. The normalized spacial score (nSPS) is 16.5. The predicted octanol–water partition coefficient (Wildman–Crippen LogP) is 4.43. The Hall–Kier alpha value is -2.29. The number of thiazole rings is 1. The van der Waals surface area contributed by atoms with Gasteiger partial charge in [0.2, 0.25) is 5.91 Å². The molecule has 1 aliphatic heterocycles. The molecule has 0 radical (unpaired) electrons. The standard InChI is InChI=1S/C24H28N2O4S2/c1-17-10-11-21-23(18(17)2)25-24(31-21)26(15-20-9-6-13-30-20)22(27)12-14-32(28,29)16-19-7-4-3-5-8-19/h3-5,7-8,10-11,20H,6,9,12-16H2,1-2H3. The van der Waals surface area contributed by atoms with Crippen molar-refractivity contribution >= 4 is 42.4 Å². The quantitative estimate of drug-likeness (QED) is 0.485. The molecule has 1 saturated heterocycles. The monoisotopic (exact) mass is 472 g/mol. The fourth-order valence-corrected chi connectivity index (χ4v) is 6.27. The third-order valence-electron chi connectivity index (χ3n) is 5.87. The summed E-state index contributed by atoms with van der Waals surface area (Å²) in [6, 6.07) is 13.1. The molecule has 1 amide bonds. The number of hydrogen-bond donors (Lipinski definition) is 0. The molecular weight excluding hydrogens is 444 g/mol. The van der Waals surface area contributed by atoms with Crippen LogP contribution in [0.3, 0.4) is 0 Å². The third-order valence-corrected chi connectivity index (χ3v) is 8.51. The summed E-state index contributed by atoms with van der Waals surface area (Å²) in [5.41, 5.74) is 3.87. The van der Waals surface area contributed by atoms with Crippen LogP contribution in [0.4, 0.5) is 5.13 Å². The summed E-state index contributed by atoms with van der Waals surface area (Å²) in [5, 5.41) is 0.606. The Labute approximate surface area is 193 Å². The Bertz CT molecular complexity index is 1200. The summed E-state index contributed by atoms with van der Waals surface area (Å²) < 4.78 is 32.0. The first-order valence-electron chi connectivity index (χ1n) is 10.9. The van der Waals surface area contributed by atoms with Crippen LogP contribution >= 0.6 is 11.3 Å². The maximum atomic E-state index is 13.2. The van der Waals surface area contributed by atoms with E-state index < -0.39 is 9.84 Å². The summed E-state index contributed by atoms with van der Waals surface area (Å²) in [5.74, 6) is -0.483. The van der Waals surface area contributed by atoms with Gasteiger partial charge in [-0.3, -0.25) is 9.69 Å². The molecule has 8 heteroatoms. The molecule has 1 aromatic heterocycles. The fourth-order valence-electron chi connectivity index (χ4n) is 3.89. The maximum Gasteiger partial charge on any atom is 0.229 e. The van der Waals surface area contributed by atoms with Crippen LogP contribution in [0.2, 0.25) is 0 Å². The molecule has 170 valence electrons. The van der Waals surface area contributed by atoms with E-state index in [1.807, 2.05) is 38.1 Å². The second-order valence-corrected chi connectivity index (χ2v) is 11.5. The summed E-state index contributed by atoms with van der Waals surface area (Å²) in [7, 11) is -3.41. The summed E-state index contributed by atoms with van der Waals surface area (Å²) >= 11 is 1.46. The zero-order valence-corrected chi connectivity index (χ0v) is 20.0. The second-order valence-electron chi connectivity index (χ2n) is 8.32. The van der Waals surface area contributed by atoms with E-state index >= 15 is 0 Å². The first-order chi connectivity index (χ1) is 15.3. The number of aromatic nitrogens is 1. The summed E-state index contributed by atoms with van der Waals surface area (Å²) in [6.45, 7) is 5.16. The summed E-state index contributed by atoms with van der Waals surface area (Å²) in [6.07, 6.45) is 1.74. The van der Waals surface area contributed by atoms with E-state index in [9.17, 15) is 13.2 Å². The Kier molecular flexibility index (Phi) is 6.93. The number of carbonyl (C=O) groups is 1. The van der Waals surface area contributed by atoms with Gasteiger partial charge in [-0.15, -0.1) is 0 Å². The van der Waals surface area contributed by atoms with Crippen LogP contribution in [0.15, 0.2) is 42.5 Å². The lowest BCUT2D eigenvalue weighted by molar-refractivity contribution is -0.118. The van der Waals surface area contributed by atoms with Crippen LogP contribution in [0.25, 0.3) is 10.2 Å². The molecule has 0 N–H and O–H groups in total.